The Labute approximate surface area is 183 Å². The van der Waals surface area contributed by atoms with E-state index in [-0.39, 0.29) is 5.76 Å². The van der Waals surface area contributed by atoms with E-state index in [2.05, 4.69) is 15.9 Å². The van der Waals surface area contributed by atoms with Gasteiger partial charge in [0.1, 0.15) is 11.5 Å². The third-order valence-electron chi connectivity index (χ3n) is 5.12. The minimum Gasteiger partial charge on any atom is -0.503 e. The van der Waals surface area contributed by atoms with Crippen molar-refractivity contribution >= 4 is 33.1 Å². The first kappa shape index (κ1) is 20.0. The van der Waals surface area contributed by atoms with Gasteiger partial charge in [0, 0.05) is 15.7 Å². The Morgan fingerprint density at radius 2 is 1.50 bits per heavy atom. The van der Waals surface area contributed by atoms with Crippen molar-refractivity contribution in [3.8, 4) is 11.5 Å². The van der Waals surface area contributed by atoms with Crippen LogP contribution in [0.4, 0.5) is 5.69 Å². The van der Waals surface area contributed by atoms with Gasteiger partial charge < -0.3 is 14.6 Å². The van der Waals surface area contributed by atoms with Crippen molar-refractivity contribution in [3.05, 3.63) is 94.2 Å². The van der Waals surface area contributed by atoms with Crippen LogP contribution in [-0.2, 0) is 4.79 Å². The lowest BCUT2D eigenvalue weighted by molar-refractivity contribution is -0.117. The summed E-state index contributed by atoms with van der Waals surface area (Å²) in [5.41, 5.74) is 2.85. The van der Waals surface area contributed by atoms with Gasteiger partial charge in [-0.2, -0.15) is 0 Å². The molecule has 3 aromatic rings. The molecule has 0 unspecified atom stereocenters. The van der Waals surface area contributed by atoms with E-state index in [4.69, 9.17) is 9.47 Å². The van der Waals surface area contributed by atoms with Crippen LogP contribution in [0.5, 0.6) is 11.5 Å². The molecule has 0 radical (unpaired) electrons. The second-order valence-electron chi connectivity index (χ2n) is 6.82. The average Bonchev–Trinajstić information content (AvgIpc) is 3.04. The molecule has 5 nitrogen and oxygen atoms in total. The summed E-state index contributed by atoms with van der Waals surface area (Å²) in [6.07, 6.45) is 0. The van der Waals surface area contributed by atoms with Gasteiger partial charge >= 0.3 is 0 Å². The predicted molar refractivity (Wildman–Crippen MR) is 120 cm³/mol. The smallest absolute Gasteiger partial charge is 0.294 e. The van der Waals surface area contributed by atoms with Gasteiger partial charge in [0.2, 0.25) is 0 Å². The Hall–Kier alpha value is -3.25. The summed E-state index contributed by atoms with van der Waals surface area (Å²) in [4.78, 5) is 14.8. The van der Waals surface area contributed by atoms with Crippen LogP contribution in [0.25, 0.3) is 5.57 Å². The largest absolute Gasteiger partial charge is 0.503 e. The molecule has 4 rings (SSSR count). The van der Waals surface area contributed by atoms with Gasteiger partial charge in [0.25, 0.3) is 5.91 Å². The quantitative estimate of drug-likeness (QED) is 0.538. The fraction of sp³-hybridized carbons (Fsp3) is 0.125. The topological polar surface area (TPSA) is 59.0 Å². The minimum atomic E-state index is -0.489. The maximum atomic E-state index is 13.2. The van der Waals surface area contributed by atoms with Crippen molar-refractivity contribution in [3.63, 3.8) is 0 Å². The van der Waals surface area contributed by atoms with Crippen molar-refractivity contribution < 1.29 is 19.4 Å². The molecular formula is C24H20BrNO4. The zero-order valence-electron chi connectivity index (χ0n) is 16.5. The summed E-state index contributed by atoms with van der Waals surface area (Å²) in [6.45, 7) is 0. The lowest BCUT2D eigenvalue weighted by atomic mass is 9.93. The van der Waals surface area contributed by atoms with Crippen molar-refractivity contribution in [1.29, 1.82) is 0 Å². The van der Waals surface area contributed by atoms with E-state index in [1.54, 1.807) is 31.3 Å². The lowest BCUT2D eigenvalue weighted by Gasteiger charge is -2.27. The predicted octanol–water partition coefficient (Wildman–Crippen LogP) is 5.52. The Morgan fingerprint density at radius 3 is 2.07 bits per heavy atom. The van der Waals surface area contributed by atoms with Gasteiger partial charge in [-0.1, -0.05) is 40.2 Å². The van der Waals surface area contributed by atoms with Crippen molar-refractivity contribution in [2.45, 2.75) is 6.04 Å². The van der Waals surface area contributed by atoms with Crippen LogP contribution in [-0.4, -0.2) is 25.2 Å². The molecule has 30 heavy (non-hydrogen) atoms. The third-order valence-corrected chi connectivity index (χ3v) is 5.62. The van der Waals surface area contributed by atoms with Gasteiger partial charge in [0.05, 0.1) is 20.3 Å². The number of carbonyl (C=O) groups is 1. The standard InChI is InChI=1S/C24H20BrNO4/c1-29-19-10-6-15(7-11-19)21-22(16-4-3-5-17(25)14-16)26(24(28)23(21)27)18-8-12-20(30-2)13-9-18/h3-14,22,27H,1-2H3/t22-/m1/s1. The number of ether oxygens (including phenoxy) is 2. The van der Waals surface area contributed by atoms with Crippen LogP contribution < -0.4 is 14.4 Å². The fourth-order valence-electron chi connectivity index (χ4n) is 3.67. The zero-order valence-corrected chi connectivity index (χ0v) is 18.1. The molecule has 0 bridgehead atoms. The normalized spacial score (nSPS) is 16.2. The third kappa shape index (κ3) is 3.55. The summed E-state index contributed by atoms with van der Waals surface area (Å²) in [7, 11) is 3.19. The molecular weight excluding hydrogens is 446 g/mol. The van der Waals surface area contributed by atoms with Crippen LogP contribution in [0.2, 0.25) is 0 Å². The molecule has 0 saturated carbocycles. The Morgan fingerprint density at radius 1 is 0.900 bits per heavy atom. The maximum Gasteiger partial charge on any atom is 0.294 e. The molecule has 6 heteroatoms. The van der Waals surface area contributed by atoms with Crippen LogP contribution in [0.3, 0.4) is 0 Å². The highest BCUT2D eigenvalue weighted by atomic mass is 79.9. The average molecular weight is 466 g/mol. The van der Waals surface area contributed by atoms with Crippen LogP contribution in [0, 0.1) is 0 Å². The van der Waals surface area contributed by atoms with Crippen LogP contribution in [0.1, 0.15) is 17.2 Å². The number of methoxy groups -OCH3 is 2. The first-order valence-electron chi connectivity index (χ1n) is 9.34. The van der Waals surface area contributed by atoms with E-state index in [1.807, 2.05) is 60.7 Å². The van der Waals surface area contributed by atoms with Crippen LogP contribution >= 0.6 is 15.9 Å². The van der Waals surface area contributed by atoms with Gasteiger partial charge in [-0.15, -0.1) is 0 Å². The number of amides is 1. The first-order chi connectivity index (χ1) is 14.5. The Kier molecular flexibility index (Phi) is 5.50. The molecule has 0 aliphatic carbocycles. The van der Waals surface area contributed by atoms with E-state index >= 15 is 0 Å². The van der Waals surface area contributed by atoms with Gasteiger partial charge in [-0.05, 0) is 59.7 Å². The van der Waals surface area contributed by atoms with Crippen LogP contribution in [0.15, 0.2) is 83.0 Å². The number of aliphatic hydroxyl groups excluding tert-OH is 1. The lowest BCUT2D eigenvalue weighted by Crippen LogP contribution is -2.30. The molecule has 0 aromatic heterocycles. The zero-order chi connectivity index (χ0) is 21.3. The molecule has 1 amide bonds. The van der Waals surface area contributed by atoms with E-state index in [0.717, 1.165) is 15.6 Å². The summed E-state index contributed by atoms with van der Waals surface area (Å²) < 4.78 is 11.4. The van der Waals surface area contributed by atoms with Gasteiger partial charge in [0.15, 0.2) is 5.76 Å². The van der Waals surface area contributed by atoms with E-state index in [9.17, 15) is 9.90 Å². The molecule has 0 saturated heterocycles. The summed E-state index contributed by atoms with van der Waals surface area (Å²) >= 11 is 3.51. The summed E-state index contributed by atoms with van der Waals surface area (Å²) in [5, 5.41) is 10.9. The number of halogens is 1. The highest BCUT2D eigenvalue weighted by Crippen LogP contribution is 2.46. The van der Waals surface area contributed by atoms with E-state index in [0.29, 0.717) is 22.8 Å². The SMILES string of the molecule is COc1ccc(C2=C(O)C(=O)N(c3ccc(OC)cc3)[C@@H]2c2cccc(Br)c2)cc1. The molecule has 0 fully saturated rings. The molecule has 3 aromatic carbocycles. The summed E-state index contributed by atoms with van der Waals surface area (Å²) in [5.74, 6) is 0.683. The van der Waals surface area contributed by atoms with Crippen molar-refractivity contribution in [1.82, 2.24) is 0 Å². The highest BCUT2D eigenvalue weighted by molar-refractivity contribution is 9.10. The molecule has 0 spiro atoms. The molecule has 1 atom stereocenters. The number of nitrogens with zero attached hydrogens (tertiary/aromatic N) is 1. The van der Waals surface area contributed by atoms with Gasteiger partial charge in [-0.25, -0.2) is 0 Å². The van der Waals surface area contributed by atoms with Gasteiger partial charge in [-0.3, -0.25) is 9.69 Å². The number of anilines is 1. The highest BCUT2D eigenvalue weighted by Gasteiger charge is 2.42. The van der Waals surface area contributed by atoms with Crippen molar-refractivity contribution in [2.24, 2.45) is 0 Å². The Bertz CT molecular complexity index is 1110. The Balaban J connectivity index is 1.87. The molecule has 152 valence electrons. The first-order valence-corrected chi connectivity index (χ1v) is 10.1. The minimum absolute atomic E-state index is 0.263. The van der Waals surface area contributed by atoms with E-state index in [1.165, 1.54) is 0 Å². The van der Waals surface area contributed by atoms with E-state index < -0.39 is 11.9 Å². The number of benzene rings is 3. The second-order valence-corrected chi connectivity index (χ2v) is 7.74. The monoisotopic (exact) mass is 465 g/mol. The molecule has 1 N–H and O–H groups in total. The van der Waals surface area contributed by atoms with Crippen molar-refractivity contribution in [2.75, 3.05) is 19.1 Å². The maximum absolute atomic E-state index is 13.2. The second kappa shape index (κ2) is 8.24. The number of hydrogen-bond acceptors (Lipinski definition) is 4. The molecule has 1 heterocycles. The fourth-order valence-corrected chi connectivity index (χ4v) is 4.09. The number of hydrogen-bond donors (Lipinski definition) is 1. The summed E-state index contributed by atoms with van der Waals surface area (Å²) in [6, 6.07) is 21.8. The number of aliphatic hydroxyl groups is 1. The number of carbonyl (C=O) groups excluding carboxylic acids is 1. The molecule has 1 aliphatic rings. The molecule has 1 aliphatic heterocycles. The number of rotatable bonds is 5.